The van der Waals surface area contributed by atoms with Gasteiger partial charge in [0.15, 0.2) is 0 Å². The number of aldehydes is 1. The van der Waals surface area contributed by atoms with Crippen molar-refractivity contribution in [3.05, 3.63) is 108 Å². The molecule has 0 fully saturated rings. The van der Waals surface area contributed by atoms with Crippen LogP contribution in [0.25, 0.3) is 0 Å². The van der Waals surface area contributed by atoms with E-state index in [1.54, 1.807) is 54.6 Å². The molecule has 0 aliphatic rings. The highest BCUT2D eigenvalue weighted by atomic mass is 16.5. The van der Waals surface area contributed by atoms with Crippen molar-refractivity contribution in [2.24, 2.45) is 0 Å². The number of carbonyl (C=O) groups excluding carboxylic acids is 2. The highest BCUT2D eigenvalue weighted by molar-refractivity contribution is 5.89. The molecule has 0 aliphatic heterocycles. The summed E-state index contributed by atoms with van der Waals surface area (Å²) in [6.45, 7) is 0.0568. The van der Waals surface area contributed by atoms with Crippen molar-refractivity contribution in [3.8, 4) is 0 Å². The van der Waals surface area contributed by atoms with E-state index in [1.807, 2.05) is 36.4 Å². The first-order valence-electron chi connectivity index (χ1n) is 8.62. The maximum atomic E-state index is 11.8. The number of ether oxygens (including phenoxy) is 1. The summed E-state index contributed by atoms with van der Waals surface area (Å²) in [5.41, 5.74) is 1.66. The Bertz CT molecular complexity index is 877. The van der Waals surface area contributed by atoms with Gasteiger partial charge in [-0.15, -0.1) is 0 Å². The lowest BCUT2D eigenvalue weighted by atomic mass is 10.0. The third-order valence-corrected chi connectivity index (χ3v) is 3.82. The molecule has 0 aliphatic carbocycles. The Morgan fingerprint density at radius 3 is 1.68 bits per heavy atom. The van der Waals surface area contributed by atoms with E-state index in [-0.39, 0.29) is 6.61 Å². The van der Waals surface area contributed by atoms with Gasteiger partial charge in [-0.3, -0.25) is 0 Å². The van der Waals surface area contributed by atoms with Crippen molar-refractivity contribution in [2.75, 3.05) is 6.61 Å². The van der Waals surface area contributed by atoms with Gasteiger partial charge in [-0.25, -0.2) is 9.59 Å². The molecule has 0 heterocycles. The first-order chi connectivity index (χ1) is 13.6. The van der Waals surface area contributed by atoms with Crippen molar-refractivity contribution in [2.45, 2.75) is 5.92 Å². The minimum Gasteiger partial charge on any atom is -0.478 e. The Labute approximate surface area is 163 Å². The first-order valence-corrected chi connectivity index (χ1v) is 8.62. The Kier molecular flexibility index (Phi) is 8.15. The molecular weight excluding hydrogens is 356 g/mol. The monoisotopic (exact) mass is 376 g/mol. The Morgan fingerprint density at radius 2 is 1.25 bits per heavy atom. The quantitative estimate of drug-likeness (QED) is 0.515. The van der Waals surface area contributed by atoms with Gasteiger partial charge < -0.3 is 14.6 Å². The van der Waals surface area contributed by atoms with Crippen LogP contribution in [0.5, 0.6) is 0 Å². The van der Waals surface area contributed by atoms with Gasteiger partial charge in [0, 0.05) is 0 Å². The molecule has 5 heteroatoms. The highest BCUT2D eigenvalue weighted by Gasteiger charge is 2.14. The first kappa shape index (κ1) is 20.6. The fourth-order valence-electron chi connectivity index (χ4n) is 2.32. The van der Waals surface area contributed by atoms with Gasteiger partial charge in [0.1, 0.15) is 12.9 Å². The maximum absolute atomic E-state index is 11.8. The van der Waals surface area contributed by atoms with E-state index in [1.165, 1.54) is 0 Å². The molecule has 3 aromatic carbocycles. The standard InChI is InChI=1S/C16H14O3.C7H6O2/c17-11-15(13-7-3-1-4-8-13)12-19-16(18)14-9-5-2-6-10-14;8-7(9)6-4-2-1-3-5-6/h1-11,15H,12H2;1-5H,(H,8,9). The number of carboxylic acid groups (broad SMARTS) is 1. The summed E-state index contributed by atoms with van der Waals surface area (Å²) in [7, 11) is 0. The second-order valence-electron chi connectivity index (χ2n) is 5.79. The number of carbonyl (C=O) groups is 3. The molecule has 5 nitrogen and oxygen atoms in total. The zero-order valence-electron chi connectivity index (χ0n) is 15.1. The van der Waals surface area contributed by atoms with Gasteiger partial charge >= 0.3 is 11.9 Å². The van der Waals surface area contributed by atoms with Gasteiger partial charge in [-0.2, -0.15) is 0 Å². The molecular formula is C23H20O5. The fraction of sp³-hybridized carbons (Fsp3) is 0.0870. The van der Waals surface area contributed by atoms with Crippen molar-refractivity contribution in [3.63, 3.8) is 0 Å². The predicted molar refractivity (Wildman–Crippen MR) is 105 cm³/mol. The number of esters is 1. The van der Waals surface area contributed by atoms with Crippen LogP contribution in [0.2, 0.25) is 0 Å². The van der Waals surface area contributed by atoms with Crippen LogP contribution in [0.3, 0.4) is 0 Å². The zero-order valence-corrected chi connectivity index (χ0v) is 15.1. The molecule has 3 aromatic rings. The SMILES string of the molecule is O=C(O)c1ccccc1.O=CC(COC(=O)c1ccccc1)c1ccccc1. The van der Waals surface area contributed by atoms with Gasteiger partial charge in [-0.1, -0.05) is 66.7 Å². The molecule has 28 heavy (non-hydrogen) atoms. The second-order valence-corrected chi connectivity index (χ2v) is 5.79. The summed E-state index contributed by atoms with van der Waals surface area (Å²) >= 11 is 0. The largest absolute Gasteiger partial charge is 0.478 e. The topological polar surface area (TPSA) is 80.7 Å². The molecule has 0 aromatic heterocycles. The summed E-state index contributed by atoms with van der Waals surface area (Å²) in [6.07, 6.45) is 0.799. The smallest absolute Gasteiger partial charge is 0.338 e. The van der Waals surface area contributed by atoms with Crippen LogP contribution in [-0.4, -0.2) is 29.9 Å². The summed E-state index contributed by atoms with van der Waals surface area (Å²) < 4.78 is 5.17. The fourth-order valence-corrected chi connectivity index (χ4v) is 2.32. The second kappa shape index (κ2) is 11.1. The van der Waals surface area contributed by atoms with E-state index >= 15 is 0 Å². The molecule has 1 atom stereocenters. The minimum atomic E-state index is -0.879. The summed E-state index contributed by atoms with van der Waals surface area (Å²) in [4.78, 5) is 33.0. The van der Waals surface area contributed by atoms with Gasteiger partial charge in [0.2, 0.25) is 0 Å². The Balaban J connectivity index is 0.000000261. The van der Waals surface area contributed by atoms with Crippen LogP contribution in [0.4, 0.5) is 0 Å². The molecule has 0 bridgehead atoms. The predicted octanol–water partition coefficient (Wildman–Crippen LogP) is 4.21. The average Bonchev–Trinajstić information content (AvgIpc) is 2.76. The van der Waals surface area contributed by atoms with Crippen molar-refractivity contribution >= 4 is 18.2 Å². The maximum Gasteiger partial charge on any atom is 0.338 e. The molecule has 0 spiro atoms. The number of hydrogen-bond donors (Lipinski definition) is 1. The van der Waals surface area contributed by atoms with E-state index in [0.29, 0.717) is 11.1 Å². The molecule has 142 valence electrons. The number of benzene rings is 3. The molecule has 0 radical (unpaired) electrons. The average molecular weight is 376 g/mol. The van der Waals surface area contributed by atoms with Crippen molar-refractivity contribution in [1.82, 2.24) is 0 Å². The molecule has 0 saturated carbocycles. The van der Waals surface area contributed by atoms with E-state index in [2.05, 4.69) is 0 Å². The van der Waals surface area contributed by atoms with Crippen molar-refractivity contribution < 1.29 is 24.2 Å². The van der Waals surface area contributed by atoms with Crippen LogP contribution >= 0.6 is 0 Å². The Hall–Kier alpha value is -3.73. The van der Waals surface area contributed by atoms with Gasteiger partial charge in [-0.05, 0) is 29.8 Å². The van der Waals surface area contributed by atoms with Crippen LogP contribution in [0.15, 0.2) is 91.0 Å². The minimum absolute atomic E-state index is 0.0568. The lowest BCUT2D eigenvalue weighted by Gasteiger charge is -2.11. The zero-order chi connectivity index (χ0) is 20.2. The van der Waals surface area contributed by atoms with Crippen LogP contribution in [0.1, 0.15) is 32.2 Å². The van der Waals surface area contributed by atoms with Crippen LogP contribution in [-0.2, 0) is 9.53 Å². The third kappa shape index (κ3) is 6.53. The molecule has 3 rings (SSSR count). The number of rotatable bonds is 6. The van der Waals surface area contributed by atoms with Gasteiger partial charge in [0.25, 0.3) is 0 Å². The number of aromatic carboxylic acids is 1. The third-order valence-electron chi connectivity index (χ3n) is 3.82. The van der Waals surface area contributed by atoms with Crippen LogP contribution in [0, 0.1) is 0 Å². The molecule has 1 unspecified atom stereocenters. The van der Waals surface area contributed by atoms with Gasteiger partial charge in [0.05, 0.1) is 17.0 Å². The molecule has 1 N–H and O–H groups in total. The number of hydrogen-bond acceptors (Lipinski definition) is 4. The normalized spacial score (nSPS) is 10.7. The number of carboxylic acids is 1. The summed E-state index contributed by atoms with van der Waals surface area (Å²) in [5.74, 6) is -1.71. The lowest BCUT2D eigenvalue weighted by Crippen LogP contribution is -2.14. The summed E-state index contributed by atoms with van der Waals surface area (Å²) in [6, 6.07) is 26.3. The Morgan fingerprint density at radius 1 is 0.786 bits per heavy atom. The summed E-state index contributed by atoms with van der Waals surface area (Å²) in [5, 5.41) is 8.38. The van der Waals surface area contributed by atoms with E-state index < -0.39 is 17.9 Å². The van der Waals surface area contributed by atoms with E-state index in [9.17, 15) is 14.4 Å². The van der Waals surface area contributed by atoms with E-state index in [0.717, 1.165) is 11.8 Å². The molecule has 0 saturated heterocycles. The van der Waals surface area contributed by atoms with Crippen molar-refractivity contribution in [1.29, 1.82) is 0 Å². The van der Waals surface area contributed by atoms with E-state index in [4.69, 9.17) is 9.84 Å². The lowest BCUT2D eigenvalue weighted by molar-refractivity contribution is -0.109. The highest BCUT2D eigenvalue weighted by Crippen LogP contribution is 2.14. The molecule has 0 amide bonds. The van der Waals surface area contributed by atoms with Crippen LogP contribution < -0.4 is 0 Å².